The van der Waals surface area contributed by atoms with Gasteiger partial charge in [0.2, 0.25) is 5.91 Å². The number of hydrogen-bond acceptors (Lipinski definition) is 4. The molecule has 1 aliphatic heterocycles. The van der Waals surface area contributed by atoms with Crippen LogP contribution in [0.1, 0.15) is 48.2 Å². The van der Waals surface area contributed by atoms with Crippen LogP contribution in [0.4, 0.5) is 0 Å². The van der Waals surface area contributed by atoms with Crippen LogP contribution in [0.5, 0.6) is 0 Å². The van der Waals surface area contributed by atoms with Crippen molar-refractivity contribution in [2.75, 3.05) is 13.7 Å². The molecule has 1 aromatic heterocycles. The highest BCUT2D eigenvalue weighted by Gasteiger charge is 2.49. The smallest absolute Gasteiger partial charge is 0.255 e. The molecule has 7 nitrogen and oxygen atoms in total. The van der Waals surface area contributed by atoms with E-state index in [0.29, 0.717) is 25.1 Å². The quantitative estimate of drug-likeness (QED) is 0.839. The normalized spacial score (nSPS) is 26.7. The molecule has 2 N–H and O–H groups in total. The number of nitrogens with one attached hydrogen (secondary N) is 2. The largest absolute Gasteiger partial charge is 0.383 e. The lowest BCUT2D eigenvalue weighted by molar-refractivity contribution is -0.119. The third-order valence-electron chi connectivity index (χ3n) is 5.06. The Hall–Kier alpha value is -1.89. The van der Waals surface area contributed by atoms with E-state index in [1.807, 2.05) is 6.92 Å². The standard InChI is InChI=1S/C16H24N4O3/c1-11-12(10-17-20(11)7-8-23-2)15(22)19-16-6-4-3-5-13(16)18-14(21)9-16/h10,13H,3-9H2,1-2H3,(H,18,21)(H,19,22)/t13-,16+/m0/s1. The molecule has 7 heteroatoms. The second-order valence-electron chi connectivity index (χ2n) is 6.51. The van der Waals surface area contributed by atoms with Crippen molar-refractivity contribution in [1.82, 2.24) is 20.4 Å². The van der Waals surface area contributed by atoms with Gasteiger partial charge in [-0.25, -0.2) is 0 Å². The Morgan fingerprint density at radius 2 is 2.39 bits per heavy atom. The number of methoxy groups -OCH3 is 1. The van der Waals surface area contributed by atoms with Crippen molar-refractivity contribution in [3.63, 3.8) is 0 Å². The summed E-state index contributed by atoms with van der Waals surface area (Å²) in [6, 6.07) is 0.0524. The third kappa shape index (κ3) is 2.97. The molecule has 3 rings (SSSR count). The summed E-state index contributed by atoms with van der Waals surface area (Å²) in [5, 5.41) is 10.4. The van der Waals surface area contributed by atoms with Gasteiger partial charge in [0, 0.05) is 12.8 Å². The van der Waals surface area contributed by atoms with Crippen LogP contribution >= 0.6 is 0 Å². The number of ether oxygens (including phenoxy) is 1. The van der Waals surface area contributed by atoms with Gasteiger partial charge in [-0.15, -0.1) is 0 Å². The van der Waals surface area contributed by atoms with Gasteiger partial charge in [-0.1, -0.05) is 12.8 Å². The van der Waals surface area contributed by atoms with Gasteiger partial charge in [0.25, 0.3) is 5.91 Å². The monoisotopic (exact) mass is 320 g/mol. The van der Waals surface area contributed by atoms with Gasteiger partial charge in [0.15, 0.2) is 0 Å². The molecule has 0 unspecified atom stereocenters. The minimum absolute atomic E-state index is 0.0321. The minimum Gasteiger partial charge on any atom is -0.383 e. The molecule has 2 heterocycles. The van der Waals surface area contributed by atoms with E-state index in [0.717, 1.165) is 31.4 Å². The average Bonchev–Trinajstić information content (AvgIpc) is 3.04. The van der Waals surface area contributed by atoms with Crippen molar-refractivity contribution < 1.29 is 14.3 Å². The topological polar surface area (TPSA) is 85.2 Å². The van der Waals surface area contributed by atoms with Crippen LogP contribution in [0.15, 0.2) is 6.20 Å². The van der Waals surface area contributed by atoms with Crippen LogP contribution in [0.25, 0.3) is 0 Å². The van der Waals surface area contributed by atoms with Gasteiger partial charge >= 0.3 is 0 Å². The van der Waals surface area contributed by atoms with Crippen LogP contribution in [-0.4, -0.2) is 46.9 Å². The molecule has 0 spiro atoms. The Labute approximate surface area is 135 Å². The molecule has 23 heavy (non-hydrogen) atoms. The number of amides is 2. The number of rotatable bonds is 5. The van der Waals surface area contributed by atoms with Gasteiger partial charge < -0.3 is 15.4 Å². The van der Waals surface area contributed by atoms with Crippen LogP contribution in [0, 0.1) is 6.92 Å². The predicted molar refractivity (Wildman–Crippen MR) is 84.1 cm³/mol. The third-order valence-corrected chi connectivity index (χ3v) is 5.06. The van der Waals surface area contributed by atoms with E-state index in [4.69, 9.17) is 4.74 Å². The molecular formula is C16H24N4O3. The summed E-state index contributed by atoms with van der Waals surface area (Å²) in [5.41, 5.74) is 0.952. The van der Waals surface area contributed by atoms with Crippen molar-refractivity contribution in [1.29, 1.82) is 0 Å². The number of aromatic nitrogens is 2. The summed E-state index contributed by atoms with van der Waals surface area (Å²) in [4.78, 5) is 24.6. The summed E-state index contributed by atoms with van der Waals surface area (Å²) in [6.45, 7) is 3.04. The Balaban J connectivity index is 1.76. The fourth-order valence-electron chi connectivity index (χ4n) is 3.75. The van der Waals surface area contributed by atoms with E-state index in [-0.39, 0.29) is 17.9 Å². The zero-order chi connectivity index (χ0) is 16.4. The number of hydrogen-bond donors (Lipinski definition) is 2. The first-order valence-corrected chi connectivity index (χ1v) is 8.19. The van der Waals surface area contributed by atoms with Crippen molar-refractivity contribution in [2.24, 2.45) is 0 Å². The molecule has 2 fully saturated rings. The first kappa shape index (κ1) is 16.0. The average molecular weight is 320 g/mol. The first-order valence-electron chi connectivity index (χ1n) is 8.19. The van der Waals surface area contributed by atoms with E-state index in [1.54, 1.807) is 18.0 Å². The number of nitrogens with zero attached hydrogens (tertiary/aromatic N) is 2. The van der Waals surface area contributed by atoms with Crippen LogP contribution in [-0.2, 0) is 16.1 Å². The maximum atomic E-state index is 12.7. The molecule has 2 atom stereocenters. The van der Waals surface area contributed by atoms with E-state index < -0.39 is 5.54 Å². The van der Waals surface area contributed by atoms with Gasteiger partial charge in [-0.05, 0) is 19.8 Å². The highest BCUT2D eigenvalue weighted by Crippen LogP contribution is 2.35. The van der Waals surface area contributed by atoms with Crippen molar-refractivity contribution >= 4 is 11.8 Å². The van der Waals surface area contributed by atoms with Gasteiger partial charge in [0.05, 0.1) is 42.9 Å². The molecule has 1 aromatic rings. The summed E-state index contributed by atoms with van der Waals surface area (Å²) < 4.78 is 6.82. The molecule has 1 aliphatic carbocycles. The zero-order valence-electron chi connectivity index (χ0n) is 13.7. The summed E-state index contributed by atoms with van der Waals surface area (Å²) in [7, 11) is 1.64. The Kier molecular flexibility index (Phi) is 4.39. The molecule has 2 amide bonds. The lowest BCUT2D eigenvalue weighted by atomic mass is 9.77. The van der Waals surface area contributed by atoms with Gasteiger partial charge in [0.1, 0.15) is 0 Å². The molecule has 126 valence electrons. The predicted octanol–water partition coefficient (Wildman–Crippen LogP) is 0.769. The van der Waals surface area contributed by atoms with Crippen molar-refractivity contribution in [3.05, 3.63) is 17.5 Å². The summed E-state index contributed by atoms with van der Waals surface area (Å²) in [5.74, 6) is -0.112. The lowest BCUT2D eigenvalue weighted by Crippen LogP contribution is -2.57. The molecule has 0 bridgehead atoms. The van der Waals surface area contributed by atoms with Crippen molar-refractivity contribution in [3.8, 4) is 0 Å². The second kappa shape index (κ2) is 6.31. The Morgan fingerprint density at radius 1 is 1.57 bits per heavy atom. The Bertz CT molecular complexity index is 612. The number of carbonyl (C=O) groups excluding carboxylic acids is 2. The highest BCUT2D eigenvalue weighted by molar-refractivity contribution is 5.96. The van der Waals surface area contributed by atoms with E-state index in [9.17, 15) is 9.59 Å². The second-order valence-corrected chi connectivity index (χ2v) is 6.51. The summed E-state index contributed by atoms with van der Waals surface area (Å²) in [6.07, 6.45) is 5.88. The van der Waals surface area contributed by atoms with Crippen LogP contribution < -0.4 is 10.6 Å². The van der Waals surface area contributed by atoms with E-state index in [2.05, 4.69) is 15.7 Å². The first-order chi connectivity index (χ1) is 11.1. The molecule has 1 saturated carbocycles. The fourth-order valence-corrected chi connectivity index (χ4v) is 3.75. The van der Waals surface area contributed by atoms with Crippen molar-refractivity contribution in [2.45, 2.75) is 57.2 Å². The molecule has 2 aliphatic rings. The highest BCUT2D eigenvalue weighted by atomic mass is 16.5. The zero-order valence-corrected chi connectivity index (χ0v) is 13.7. The molecule has 0 aromatic carbocycles. The van der Waals surface area contributed by atoms with Gasteiger partial charge in [-0.3, -0.25) is 14.3 Å². The maximum absolute atomic E-state index is 12.7. The Morgan fingerprint density at radius 3 is 3.17 bits per heavy atom. The molecule has 1 saturated heterocycles. The number of carbonyl (C=O) groups is 2. The maximum Gasteiger partial charge on any atom is 0.255 e. The van der Waals surface area contributed by atoms with Gasteiger partial charge in [-0.2, -0.15) is 5.10 Å². The molecular weight excluding hydrogens is 296 g/mol. The van der Waals surface area contributed by atoms with Crippen LogP contribution in [0.2, 0.25) is 0 Å². The number of fused-ring (bicyclic) bond motifs is 1. The molecule has 0 radical (unpaired) electrons. The van der Waals surface area contributed by atoms with Crippen LogP contribution in [0.3, 0.4) is 0 Å². The van der Waals surface area contributed by atoms with E-state index in [1.165, 1.54) is 0 Å². The minimum atomic E-state index is -0.437. The lowest BCUT2D eigenvalue weighted by Gasteiger charge is -2.38. The SMILES string of the molecule is COCCn1ncc(C(=O)N[C@@]23CCCC[C@@H]2NC(=O)C3)c1C. The van der Waals surface area contributed by atoms with E-state index >= 15 is 0 Å². The summed E-state index contributed by atoms with van der Waals surface area (Å²) >= 11 is 0. The fraction of sp³-hybridized carbons (Fsp3) is 0.688.